The number of rotatable bonds is 3. The van der Waals surface area contributed by atoms with Crippen LogP contribution in [0.3, 0.4) is 0 Å². The Balaban J connectivity index is 3.36. The Hall–Kier alpha value is -1.25. The van der Waals surface area contributed by atoms with Crippen molar-refractivity contribution in [3.63, 3.8) is 0 Å². The van der Waals surface area contributed by atoms with Crippen LogP contribution < -0.4 is 0 Å². The lowest BCUT2D eigenvalue weighted by molar-refractivity contribution is -0.112. The summed E-state index contributed by atoms with van der Waals surface area (Å²) < 4.78 is 26.6. The van der Waals surface area contributed by atoms with Gasteiger partial charge in [-0.2, -0.15) is 0 Å². The summed E-state index contributed by atoms with van der Waals surface area (Å²) in [6.07, 6.45) is 0.961. The van der Waals surface area contributed by atoms with Crippen LogP contribution in [0.15, 0.2) is 18.2 Å². The maximum Gasteiger partial charge on any atom is 0.130 e. The van der Waals surface area contributed by atoms with E-state index in [1.807, 2.05) is 0 Å². The Bertz CT molecular complexity index is 329. The minimum absolute atomic E-state index is 0.141. The second kappa shape index (κ2) is 3.86. The average Bonchev–Trinajstić information content (AvgIpc) is 2.17. The summed E-state index contributed by atoms with van der Waals surface area (Å²) in [6, 6.07) is 3.61. The van der Waals surface area contributed by atoms with Crippen LogP contribution in [0.25, 0.3) is 0 Å². The highest BCUT2D eigenvalue weighted by Gasteiger charge is 2.30. The molecule has 0 saturated carbocycles. The summed E-state index contributed by atoms with van der Waals surface area (Å²) in [6.45, 7) is 3.25. The first-order chi connectivity index (χ1) is 6.55. The normalized spacial score (nSPS) is 14.9. The fourth-order valence-electron chi connectivity index (χ4n) is 1.36. The molecule has 0 bridgehead atoms. The lowest BCUT2D eigenvalue weighted by Crippen LogP contribution is -2.25. The molecule has 0 aliphatic rings. The van der Waals surface area contributed by atoms with Crippen LogP contribution in [0.5, 0.6) is 0 Å². The maximum absolute atomic E-state index is 13.3. The molecule has 1 atom stereocenters. The third-order valence-corrected chi connectivity index (χ3v) is 2.53. The number of benzene rings is 1. The molecule has 1 aromatic rings. The van der Waals surface area contributed by atoms with Gasteiger partial charge < -0.3 is 4.79 Å². The Morgan fingerprint density at radius 3 is 2.21 bits per heavy atom. The van der Waals surface area contributed by atoms with Crippen molar-refractivity contribution in [1.29, 1.82) is 0 Å². The van der Waals surface area contributed by atoms with Gasteiger partial charge in [0.25, 0.3) is 0 Å². The number of hydrogen-bond donors (Lipinski definition) is 0. The van der Waals surface area contributed by atoms with Gasteiger partial charge in [0.05, 0.1) is 5.41 Å². The van der Waals surface area contributed by atoms with Crippen molar-refractivity contribution in [3.8, 4) is 0 Å². The van der Waals surface area contributed by atoms with Crippen molar-refractivity contribution in [3.05, 3.63) is 35.4 Å². The van der Waals surface area contributed by atoms with Crippen molar-refractivity contribution in [1.82, 2.24) is 0 Å². The van der Waals surface area contributed by atoms with Crippen molar-refractivity contribution in [2.24, 2.45) is 0 Å². The summed E-state index contributed by atoms with van der Waals surface area (Å²) >= 11 is 0. The van der Waals surface area contributed by atoms with Crippen LogP contribution in [0.4, 0.5) is 8.78 Å². The summed E-state index contributed by atoms with van der Waals surface area (Å²) in [7, 11) is 0. The van der Waals surface area contributed by atoms with E-state index in [2.05, 4.69) is 0 Å². The average molecular weight is 198 g/mol. The zero-order chi connectivity index (χ0) is 10.8. The van der Waals surface area contributed by atoms with Crippen molar-refractivity contribution < 1.29 is 13.6 Å². The van der Waals surface area contributed by atoms with Crippen molar-refractivity contribution >= 4 is 6.29 Å². The molecule has 0 aliphatic heterocycles. The number of aldehydes is 1. The molecule has 0 spiro atoms. The van der Waals surface area contributed by atoms with E-state index in [-0.39, 0.29) is 5.56 Å². The number of hydrogen-bond acceptors (Lipinski definition) is 1. The highest BCUT2D eigenvalue weighted by Crippen LogP contribution is 2.29. The van der Waals surface area contributed by atoms with E-state index in [1.165, 1.54) is 13.0 Å². The van der Waals surface area contributed by atoms with E-state index in [9.17, 15) is 13.6 Å². The molecule has 3 heteroatoms. The van der Waals surface area contributed by atoms with E-state index in [0.717, 1.165) is 12.1 Å². The topological polar surface area (TPSA) is 17.1 Å². The van der Waals surface area contributed by atoms with E-state index >= 15 is 0 Å². The first-order valence-corrected chi connectivity index (χ1v) is 4.46. The predicted molar refractivity (Wildman–Crippen MR) is 50.1 cm³/mol. The Labute approximate surface area is 81.7 Å². The summed E-state index contributed by atoms with van der Waals surface area (Å²) in [5.41, 5.74) is -1.22. The third kappa shape index (κ3) is 1.67. The Morgan fingerprint density at radius 1 is 1.36 bits per heavy atom. The van der Waals surface area contributed by atoms with Gasteiger partial charge in [0.2, 0.25) is 0 Å². The molecule has 0 radical (unpaired) electrons. The van der Waals surface area contributed by atoms with Crippen molar-refractivity contribution in [2.75, 3.05) is 0 Å². The van der Waals surface area contributed by atoms with Crippen LogP contribution >= 0.6 is 0 Å². The predicted octanol–water partition coefficient (Wildman–Crippen LogP) is 2.83. The van der Waals surface area contributed by atoms with Gasteiger partial charge in [0.1, 0.15) is 17.9 Å². The van der Waals surface area contributed by atoms with Crippen LogP contribution in [-0.4, -0.2) is 6.29 Å². The molecule has 1 rings (SSSR count). The highest BCUT2D eigenvalue weighted by atomic mass is 19.1. The molecule has 0 aromatic heterocycles. The molecule has 0 fully saturated rings. The largest absolute Gasteiger partial charge is 0.302 e. The van der Waals surface area contributed by atoms with Gasteiger partial charge in [-0.3, -0.25) is 0 Å². The fraction of sp³-hybridized carbons (Fsp3) is 0.364. The van der Waals surface area contributed by atoms with Gasteiger partial charge >= 0.3 is 0 Å². The lowest BCUT2D eigenvalue weighted by Gasteiger charge is -2.22. The monoisotopic (exact) mass is 198 g/mol. The Kier molecular flexibility index (Phi) is 2.99. The smallest absolute Gasteiger partial charge is 0.130 e. The van der Waals surface area contributed by atoms with Crippen LogP contribution in [-0.2, 0) is 10.2 Å². The van der Waals surface area contributed by atoms with Crippen LogP contribution in [0.1, 0.15) is 25.8 Å². The molecule has 0 N–H and O–H groups in total. The van der Waals surface area contributed by atoms with E-state index < -0.39 is 17.0 Å². The first-order valence-electron chi connectivity index (χ1n) is 4.46. The van der Waals surface area contributed by atoms with E-state index in [4.69, 9.17) is 0 Å². The first kappa shape index (κ1) is 10.8. The second-order valence-corrected chi connectivity index (χ2v) is 3.49. The quantitative estimate of drug-likeness (QED) is 0.682. The number of halogens is 2. The minimum atomic E-state index is -1.07. The lowest BCUT2D eigenvalue weighted by atomic mass is 9.81. The molecule has 0 aliphatic carbocycles. The standard InChI is InChI=1S/C11H12F2O/c1-3-11(2,7-14)10-8(12)5-4-6-9(10)13/h4-7H,3H2,1-2H3. The molecule has 76 valence electrons. The molecular formula is C11H12F2O. The molecular weight excluding hydrogens is 186 g/mol. The molecule has 1 aromatic carbocycles. The fourth-order valence-corrected chi connectivity index (χ4v) is 1.36. The summed E-state index contributed by atoms with van der Waals surface area (Å²) in [4.78, 5) is 10.8. The molecule has 1 unspecified atom stereocenters. The maximum atomic E-state index is 13.3. The van der Waals surface area contributed by atoms with Gasteiger partial charge in [-0.05, 0) is 25.5 Å². The third-order valence-electron chi connectivity index (χ3n) is 2.53. The SMILES string of the molecule is CCC(C)(C=O)c1c(F)cccc1F. The summed E-state index contributed by atoms with van der Waals surface area (Å²) in [5, 5.41) is 0. The molecule has 0 heterocycles. The van der Waals surface area contributed by atoms with Gasteiger partial charge in [-0.1, -0.05) is 13.0 Å². The molecule has 1 nitrogen and oxygen atoms in total. The van der Waals surface area contributed by atoms with E-state index in [1.54, 1.807) is 6.92 Å². The zero-order valence-corrected chi connectivity index (χ0v) is 8.18. The minimum Gasteiger partial charge on any atom is -0.302 e. The van der Waals surface area contributed by atoms with Crippen LogP contribution in [0.2, 0.25) is 0 Å². The van der Waals surface area contributed by atoms with E-state index in [0.29, 0.717) is 12.7 Å². The van der Waals surface area contributed by atoms with Gasteiger partial charge in [-0.25, -0.2) is 8.78 Å². The van der Waals surface area contributed by atoms with Crippen molar-refractivity contribution in [2.45, 2.75) is 25.7 Å². The number of carbonyl (C=O) groups excluding carboxylic acids is 1. The molecule has 0 amide bonds. The van der Waals surface area contributed by atoms with Gasteiger partial charge in [0, 0.05) is 5.56 Å². The molecule has 14 heavy (non-hydrogen) atoms. The van der Waals surface area contributed by atoms with Crippen LogP contribution in [0, 0.1) is 11.6 Å². The zero-order valence-electron chi connectivity index (χ0n) is 8.18. The summed E-state index contributed by atoms with van der Waals surface area (Å²) in [5.74, 6) is -1.33. The Morgan fingerprint density at radius 2 is 1.86 bits per heavy atom. The highest BCUT2D eigenvalue weighted by molar-refractivity contribution is 5.68. The molecule has 0 saturated heterocycles. The van der Waals surface area contributed by atoms with Gasteiger partial charge in [-0.15, -0.1) is 0 Å². The van der Waals surface area contributed by atoms with Gasteiger partial charge in [0.15, 0.2) is 0 Å². The number of carbonyl (C=O) groups is 1. The second-order valence-electron chi connectivity index (χ2n) is 3.49.